The van der Waals surface area contributed by atoms with Crippen LogP contribution < -0.4 is 0 Å². The van der Waals surface area contributed by atoms with Crippen LogP contribution in [0.3, 0.4) is 0 Å². The minimum atomic E-state index is 0. The quantitative estimate of drug-likeness (QED) is 0.501. The van der Waals surface area contributed by atoms with E-state index in [1.165, 1.54) is 0 Å². The number of alkyl halides is 1. The number of hydrogen-bond donors (Lipinski definition) is 0. The fraction of sp³-hybridized carbons (Fsp3) is 0.167. The van der Waals surface area contributed by atoms with Crippen molar-refractivity contribution in [2.24, 2.45) is 0 Å². The Kier molecular flexibility index (Phi) is 18.3. The molecule has 0 aliphatic rings. The zero-order chi connectivity index (χ0) is 9.78. The summed E-state index contributed by atoms with van der Waals surface area (Å²) in [7, 11) is 0. The van der Waals surface area contributed by atoms with Crippen molar-refractivity contribution in [2.75, 3.05) is 5.33 Å². The van der Waals surface area contributed by atoms with Crippen LogP contribution in [0.1, 0.15) is 6.92 Å². The molecule has 0 aromatic heterocycles. The van der Waals surface area contributed by atoms with Crippen molar-refractivity contribution in [1.29, 1.82) is 0 Å². The molecule has 74 valence electrons. The molecule has 2 rings (SSSR count). The predicted octanol–water partition coefficient (Wildman–Crippen LogP) is 4.21. The Bertz CT molecular complexity index is 162. The number of hydrogen-bond acceptors (Lipinski definition) is 0. The largest absolute Gasteiger partial charge is 2.00 e. The molecule has 0 amide bonds. The monoisotopic (exact) mass is 328 g/mol. The summed E-state index contributed by atoms with van der Waals surface area (Å²) in [6.45, 7) is 2.04. The van der Waals surface area contributed by atoms with Crippen molar-refractivity contribution in [1.82, 2.24) is 0 Å². The molecule has 2 aromatic rings. The third-order valence-corrected chi connectivity index (χ3v) is 1.11. The summed E-state index contributed by atoms with van der Waals surface area (Å²) in [6.07, 6.45) is 0. The Morgan fingerprint density at radius 1 is 0.857 bits per heavy atom. The van der Waals surface area contributed by atoms with E-state index in [1.807, 2.05) is 67.6 Å². The van der Waals surface area contributed by atoms with Gasteiger partial charge < -0.3 is 0 Å². The third-order valence-electron chi connectivity index (χ3n) is 1.11. The topological polar surface area (TPSA) is 0 Å². The Morgan fingerprint density at radius 3 is 1.14 bits per heavy atom. The Hall–Kier alpha value is 0.0631. The molecule has 0 N–H and O–H groups in total. The van der Waals surface area contributed by atoms with Crippen molar-refractivity contribution in [3.63, 3.8) is 0 Å². The summed E-state index contributed by atoms with van der Waals surface area (Å²) < 4.78 is 0. The molecule has 0 nitrogen and oxygen atoms in total. The van der Waals surface area contributed by atoms with Crippen LogP contribution >= 0.6 is 15.9 Å². The van der Waals surface area contributed by atoms with E-state index in [4.69, 9.17) is 0 Å². The van der Waals surface area contributed by atoms with Gasteiger partial charge >= 0.3 is 26.2 Å². The summed E-state index contributed by atoms with van der Waals surface area (Å²) in [4.78, 5) is 0. The van der Waals surface area contributed by atoms with Crippen LogP contribution in [0.25, 0.3) is 0 Å². The molecule has 2 heteroatoms. The number of halogens is 1. The molecule has 0 unspecified atom stereocenters. The molecule has 0 fully saturated rings. The standard InChI is InChI=1S/2C5H5.C2H5Br.Zr/c2*1-2-4-5-3-1;1-2-3;/h2*1-5H;2H2,1H3;/q2*-1;;+2. The van der Waals surface area contributed by atoms with Gasteiger partial charge in [0.15, 0.2) is 0 Å². The van der Waals surface area contributed by atoms with Crippen LogP contribution in [0.4, 0.5) is 0 Å². The Labute approximate surface area is 114 Å². The van der Waals surface area contributed by atoms with E-state index in [2.05, 4.69) is 15.9 Å². The van der Waals surface area contributed by atoms with Crippen LogP contribution in [0.15, 0.2) is 60.7 Å². The second-order valence-electron chi connectivity index (χ2n) is 2.19. The van der Waals surface area contributed by atoms with Crippen molar-refractivity contribution in [3.8, 4) is 0 Å². The predicted molar refractivity (Wildman–Crippen MR) is 63.5 cm³/mol. The van der Waals surface area contributed by atoms with Crippen LogP contribution in [-0.4, -0.2) is 5.33 Å². The van der Waals surface area contributed by atoms with E-state index in [-0.39, 0.29) is 26.2 Å². The van der Waals surface area contributed by atoms with Gasteiger partial charge in [0.25, 0.3) is 0 Å². The van der Waals surface area contributed by atoms with E-state index in [9.17, 15) is 0 Å². The van der Waals surface area contributed by atoms with Gasteiger partial charge in [0, 0.05) is 5.33 Å². The zero-order valence-electron chi connectivity index (χ0n) is 8.36. The molecule has 14 heavy (non-hydrogen) atoms. The van der Waals surface area contributed by atoms with E-state index in [1.54, 1.807) is 0 Å². The smallest absolute Gasteiger partial charge is 0.214 e. The van der Waals surface area contributed by atoms with Gasteiger partial charge in [0.2, 0.25) is 0 Å². The van der Waals surface area contributed by atoms with Gasteiger partial charge in [-0.2, -0.15) is 36.4 Å². The molecule has 0 saturated heterocycles. The maximum atomic E-state index is 3.15. The molecule has 0 spiro atoms. The zero-order valence-corrected chi connectivity index (χ0v) is 12.4. The summed E-state index contributed by atoms with van der Waals surface area (Å²) in [5.41, 5.74) is 0. The summed E-state index contributed by atoms with van der Waals surface area (Å²) in [5.74, 6) is 0. The van der Waals surface area contributed by atoms with Crippen LogP contribution in [0.2, 0.25) is 0 Å². The van der Waals surface area contributed by atoms with Crippen molar-refractivity contribution < 1.29 is 26.2 Å². The van der Waals surface area contributed by atoms with Crippen molar-refractivity contribution >= 4 is 15.9 Å². The first kappa shape index (κ1) is 16.5. The van der Waals surface area contributed by atoms with Crippen LogP contribution in [0, 0.1) is 0 Å². The molecule has 0 radical (unpaired) electrons. The molecular formula is C12H15BrZr. The molecule has 2 aromatic carbocycles. The van der Waals surface area contributed by atoms with Crippen LogP contribution in [0.5, 0.6) is 0 Å². The van der Waals surface area contributed by atoms with Crippen LogP contribution in [-0.2, 0) is 26.2 Å². The maximum Gasteiger partial charge on any atom is 2.00 e. The van der Waals surface area contributed by atoms with Gasteiger partial charge in [-0.3, -0.25) is 0 Å². The molecule has 0 bridgehead atoms. The van der Waals surface area contributed by atoms with E-state index >= 15 is 0 Å². The minimum absolute atomic E-state index is 0. The van der Waals surface area contributed by atoms with Gasteiger partial charge in [-0.1, -0.05) is 22.9 Å². The van der Waals surface area contributed by atoms with Gasteiger partial charge in [-0.05, 0) is 0 Å². The molecule has 0 aliphatic carbocycles. The third kappa shape index (κ3) is 14.6. The summed E-state index contributed by atoms with van der Waals surface area (Å²) in [6, 6.07) is 20.0. The summed E-state index contributed by atoms with van der Waals surface area (Å²) in [5, 5.41) is 1.06. The fourth-order valence-electron chi connectivity index (χ4n) is 0.642. The van der Waals surface area contributed by atoms with Crippen molar-refractivity contribution in [2.45, 2.75) is 6.92 Å². The average Bonchev–Trinajstić information content (AvgIpc) is 2.85. The maximum absolute atomic E-state index is 3.15. The first-order valence-corrected chi connectivity index (χ1v) is 5.43. The second-order valence-corrected chi connectivity index (χ2v) is 3.31. The van der Waals surface area contributed by atoms with E-state index < -0.39 is 0 Å². The second kappa shape index (κ2) is 15.5. The van der Waals surface area contributed by atoms with E-state index in [0.717, 1.165) is 5.33 Å². The van der Waals surface area contributed by atoms with Gasteiger partial charge in [0.1, 0.15) is 0 Å². The van der Waals surface area contributed by atoms with E-state index in [0.29, 0.717) is 0 Å². The number of rotatable bonds is 0. The molecular weight excluding hydrogens is 315 g/mol. The minimum Gasteiger partial charge on any atom is -0.214 e. The first-order chi connectivity index (χ1) is 6.41. The SMILES string of the molecule is CCBr.[Zr+2].c1cc[cH-]c1.c1cc[cH-]c1. The molecule has 0 heterocycles. The first-order valence-electron chi connectivity index (χ1n) is 4.31. The van der Waals surface area contributed by atoms with Crippen molar-refractivity contribution in [3.05, 3.63) is 60.7 Å². The normalized spacial score (nSPS) is 7.00. The molecule has 0 atom stereocenters. The molecule has 0 aliphatic heterocycles. The molecule has 0 saturated carbocycles. The van der Waals surface area contributed by atoms with Gasteiger partial charge in [-0.25, -0.2) is 24.3 Å². The van der Waals surface area contributed by atoms with Gasteiger partial charge in [-0.15, -0.1) is 0 Å². The fourth-order valence-corrected chi connectivity index (χ4v) is 0.642. The Morgan fingerprint density at radius 2 is 1.07 bits per heavy atom. The Balaban J connectivity index is 0. The summed E-state index contributed by atoms with van der Waals surface area (Å²) >= 11 is 3.15. The average molecular weight is 330 g/mol. The van der Waals surface area contributed by atoms with Gasteiger partial charge in [0.05, 0.1) is 0 Å².